The maximum absolute atomic E-state index is 11.4. The molecule has 0 radical (unpaired) electrons. The van der Waals surface area contributed by atoms with Crippen molar-refractivity contribution >= 4 is 16.1 Å². The number of carbonyl (C=O) groups is 1. The van der Waals surface area contributed by atoms with Crippen LogP contribution in [0.4, 0.5) is 4.79 Å². The SMILES string of the molecule is CCS(=N)(=O)OC(=O)N=NCCCOc1c(CN(C)C)cc(CN(C)C)cc1CN(C)C. The number of rotatable bonds is 13. The minimum atomic E-state index is -3.38. The third-order valence-electron chi connectivity index (χ3n) is 4.16. The minimum Gasteiger partial charge on any atom is -0.493 e. The van der Waals surface area contributed by atoms with Crippen LogP contribution >= 0.6 is 0 Å². The van der Waals surface area contributed by atoms with Gasteiger partial charge in [0.05, 0.1) is 18.9 Å². The van der Waals surface area contributed by atoms with Gasteiger partial charge in [-0.1, -0.05) is 5.11 Å². The van der Waals surface area contributed by atoms with Gasteiger partial charge in [-0.3, -0.25) is 0 Å². The summed E-state index contributed by atoms with van der Waals surface area (Å²) in [5.41, 5.74) is 3.49. The second-order valence-electron chi connectivity index (χ2n) is 8.38. The molecule has 10 nitrogen and oxygen atoms in total. The second kappa shape index (κ2) is 13.5. The Kier molecular flexibility index (Phi) is 11.8. The fourth-order valence-electron chi connectivity index (χ4n) is 2.99. The molecule has 1 N–H and O–H groups in total. The van der Waals surface area contributed by atoms with Crippen LogP contribution in [-0.4, -0.2) is 86.2 Å². The third-order valence-corrected chi connectivity index (χ3v) is 5.33. The average Bonchev–Trinajstić information content (AvgIpc) is 2.64. The molecule has 0 aliphatic rings. The molecule has 1 aromatic rings. The Labute approximate surface area is 192 Å². The summed E-state index contributed by atoms with van der Waals surface area (Å²) in [4.78, 5) is 17.8. The van der Waals surface area contributed by atoms with Gasteiger partial charge < -0.3 is 23.6 Å². The number of hydrogen-bond donors (Lipinski definition) is 1. The van der Waals surface area contributed by atoms with Gasteiger partial charge in [-0.15, -0.1) is 0 Å². The van der Waals surface area contributed by atoms with Crippen molar-refractivity contribution in [3.05, 3.63) is 28.8 Å². The molecule has 0 spiro atoms. The zero-order valence-electron chi connectivity index (χ0n) is 20.4. The van der Waals surface area contributed by atoms with Gasteiger partial charge in [-0.05, 0) is 66.9 Å². The number of carbonyl (C=O) groups excluding carboxylic acids is 1. The van der Waals surface area contributed by atoms with Crippen molar-refractivity contribution in [2.45, 2.75) is 33.0 Å². The third kappa shape index (κ3) is 11.0. The Morgan fingerprint density at radius 3 is 2.00 bits per heavy atom. The van der Waals surface area contributed by atoms with Gasteiger partial charge in [-0.25, -0.2) is 13.8 Å². The fourth-order valence-corrected chi connectivity index (χ4v) is 3.37. The number of nitrogens with one attached hydrogen (secondary N) is 1. The highest BCUT2D eigenvalue weighted by Crippen LogP contribution is 2.29. The number of azo groups is 1. The summed E-state index contributed by atoms with van der Waals surface area (Å²) in [5.74, 6) is 0.795. The molecular weight excluding hydrogens is 432 g/mol. The van der Waals surface area contributed by atoms with Gasteiger partial charge in [0.2, 0.25) is 10.0 Å². The minimum absolute atomic E-state index is 0.0833. The van der Waals surface area contributed by atoms with Crippen LogP contribution in [0, 0.1) is 4.78 Å². The van der Waals surface area contributed by atoms with Crippen molar-refractivity contribution in [2.24, 2.45) is 10.2 Å². The van der Waals surface area contributed by atoms with E-state index in [1.165, 1.54) is 12.5 Å². The first kappa shape index (κ1) is 28.0. The van der Waals surface area contributed by atoms with E-state index in [0.717, 1.165) is 36.5 Å². The van der Waals surface area contributed by atoms with Crippen LogP contribution < -0.4 is 4.74 Å². The summed E-state index contributed by atoms with van der Waals surface area (Å²) < 4.78 is 29.4. The van der Waals surface area contributed by atoms with E-state index in [2.05, 4.69) is 55.3 Å². The molecule has 0 saturated heterocycles. The summed E-state index contributed by atoms with van der Waals surface area (Å²) in [5, 5.41) is 7.09. The first-order chi connectivity index (χ1) is 14.9. The number of nitrogens with zero attached hydrogens (tertiary/aromatic N) is 5. The number of benzene rings is 1. The molecule has 0 aromatic heterocycles. The molecule has 0 saturated carbocycles. The molecule has 1 unspecified atom stereocenters. The van der Waals surface area contributed by atoms with Gasteiger partial charge >= 0.3 is 6.09 Å². The van der Waals surface area contributed by atoms with Crippen molar-refractivity contribution < 1.29 is 17.9 Å². The standard InChI is InChI=1S/C21H38N6O4S/c1-8-32(22,29)31-21(28)24-23-10-9-11-30-20-18(15-26(4)5)12-17(14-25(2)3)13-19(20)16-27(6)7/h12-13,22H,8-11,14-16H2,1-7H3. The molecule has 0 fully saturated rings. The normalized spacial score (nSPS) is 13.8. The van der Waals surface area contributed by atoms with E-state index in [0.29, 0.717) is 13.0 Å². The molecule has 0 aliphatic carbocycles. The predicted octanol–water partition coefficient (Wildman–Crippen LogP) is 3.21. The van der Waals surface area contributed by atoms with Crippen LogP contribution in [0.2, 0.25) is 0 Å². The van der Waals surface area contributed by atoms with E-state index in [9.17, 15) is 9.00 Å². The molecule has 0 bridgehead atoms. The van der Waals surface area contributed by atoms with E-state index in [-0.39, 0.29) is 12.3 Å². The molecule has 182 valence electrons. The van der Waals surface area contributed by atoms with Gasteiger partial charge in [0.1, 0.15) is 5.75 Å². The van der Waals surface area contributed by atoms with Crippen molar-refractivity contribution in [1.82, 2.24) is 14.7 Å². The van der Waals surface area contributed by atoms with Gasteiger partial charge in [0.25, 0.3) is 0 Å². The van der Waals surface area contributed by atoms with Crippen molar-refractivity contribution in [2.75, 3.05) is 61.2 Å². The number of ether oxygens (including phenoxy) is 1. The van der Waals surface area contributed by atoms with Crippen molar-refractivity contribution in [3.63, 3.8) is 0 Å². The number of amides is 1. The van der Waals surface area contributed by atoms with Crippen LogP contribution in [0.1, 0.15) is 30.0 Å². The van der Waals surface area contributed by atoms with Crippen molar-refractivity contribution in [1.29, 1.82) is 4.78 Å². The van der Waals surface area contributed by atoms with Gasteiger partial charge in [-0.2, -0.15) is 5.11 Å². The quantitative estimate of drug-likeness (QED) is 0.348. The smallest absolute Gasteiger partial charge is 0.466 e. The van der Waals surface area contributed by atoms with E-state index in [1.807, 2.05) is 28.2 Å². The highest BCUT2D eigenvalue weighted by atomic mass is 32.2. The van der Waals surface area contributed by atoms with E-state index in [4.69, 9.17) is 9.52 Å². The Morgan fingerprint density at radius 2 is 1.53 bits per heavy atom. The zero-order valence-corrected chi connectivity index (χ0v) is 21.2. The van der Waals surface area contributed by atoms with E-state index in [1.54, 1.807) is 0 Å². The molecule has 11 heteroatoms. The summed E-state index contributed by atoms with van der Waals surface area (Å²) >= 11 is 0. The molecule has 1 aromatic carbocycles. The molecule has 0 heterocycles. The maximum Gasteiger partial charge on any atom is 0.466 e. The van der Waals surface area contributed by atoms with Gasteiger partial charge in [0, 0.05) is 37.2 Å². The Bertz CT molecular complexity index is 838. The highest BCUT2D eigenvalue weighted by molar-refractivity contribution is 7.88. The monoisotopic (exact) mass is 470 g/mol. The topological polar surface area (TPSA) is 111 Å². The van der Waals surface area contributed by atoms with E-state index >= 15 is 0 Å². The summed E-state index contributed by atoms with van der Waals surface area (Å²) in [6.07, 6.45) is -0.561. The largest absolute Gasteiger partial charge is 0.493 e. The second-order valence-corrected chi connectivity index (χ2v) is 10.3. The average molecular weight is 471 g/mol. The summed E-state index contributed by atoms with van der Waals surface area (Å²) in [6.45, 7) is 4.52. The number of hydrogen-bond acceptors (Lipinski definition) is 9. The lowest BCUT2D eigenvalue weighted by molar-refractivity contribution is 0.213. The molecule has 1 rings (SSSR count). The van der Waals surface area contributed by atoms with Crippen LogP contribution in [0.3, 0.4) is 0 Å². The molecule has 1 atom stereocenters. The lowest BCUT2D eigenvalue weighted by atomic mass is 10.0. The Hall–Kier alpha value is -2.08. The lowest BCUT2D eigenvalue weighted by Gasteiger charge is -2.22. The zero-order chi connectivity index (χ0) is 24.3. The first-order valence-corrected chi connectivity index (χ1v) is 12.2. The van der Waals surface area contributed by atoms with Crippen molar-refractivity contribution in [3.8, 4) is 5.75 Å². The predicted molar refractivity (Wildman–Crippen MR) is 126 cm³/mol. The maximum atomic E-state index is 11.4. The fraction of sp³-hybridized carbons (Fsp3) is 0.667. The molecular formula is C21H38N6O4S. The van der Waals surface area contributed by atoms with Crippen LogP contribution in [-0.2, 0) is 33.8 Å². The Morgan fingerprint density at radius 1 is 1.00 bits per heavy atom. The van der Waals surface area contributed by atoms with Crippen LogP contribution in [0.5, 0.6) is 5.75 Å². The highest BCUT2D eigenvalue weighted by Gasteiger charge is 2.15. The molecule has 0 aliphatic heterocycles. The first-order valence-electron chi connectivity index (χ1n) is 10.5. The summed E-state index contributed by atoms with van der Waals surface area (Å²) in [7, 11) is 8.84. The Balaban J connectivity index is 2.86. The van der Waals surface area contributed by atoms with Gasteiger partial charge in [0.15, 0.2) is 0 Å². The molecule has 1 amide bonds. The van der Waals surface area contributed by atoms with Crippen LogP contribution in [0.15, 0.2) is 22.4 Å². The molecule has 32 heavy (non-hydrogen) atoms. The van der Waals surface area contributed by atoms with Crippen LogP contribution in [0.25, 0.3) is 0 Å². The van der Waals surface area contributed by atoms with E-state index < -0.39 is 16.1 Å². The lowest BCUT2D eigenvalue weighted by Crippen LogP contribution is -2.18. The summed E-state index contributed by atoms with van der Waals surface area (Å²) in [6, 6.07) is 4.38.